The van der Waals surface area contributed by atoms with E-state index in [-0.39, 0.29) is 12.1 Å². The maximum atomic E-state index is 11.2. The summed E-state index contributed by atoms with van der Waals surface area (Å²) in [7, 11) is 1.24. The molecule has 0 spiro atoms. The van der Waals surface area contributed by atoms with Crippen molar-refractivity contribution >= 4 is 5.97 Å². The smallest absolute Gasteiger partial charge is 0.325 e. The molecule has 0 saturated heterocycles. The second kappa shape index (κ2) is 4.23. The van der Waals surface area contributed by atoms with Crippen LogP contribution in [0.5, 0.6) is 0 Å². The largest absolute Gasteiger partial charge is 0.468 e. The monoisotopic (exact) mass is 192 g/mol. The SMILES string of the molecule is COC(=O)Cn1cc(C#N)ccc1=O. The van der Waals surface area contributed by atoms with E-state index in [4.69, 9.17) is 5.26 Å². The molecular formula is C9H8N2O3. The second-order valence-corrected chi connectivity index (χ2v) is 2.57. The first-order chi connectivity index (χ1) is 6.67. The van der Waals surface area contributed by atoms with Crippen LogP contribution in [-0.4, -0.2) is 17.6 Å². The highest BCUT2D eigenvalue weighted by Crippen LogP contribution is 1.93. The number of hydrogen-bond donors (Lipinski definition) is 0. The van der Waals surface area contributed by atoms with Crippen molar-refractivity contribution in [3.63, 3.8) is 0 Å². The molecule has 5 heteroatoms. The number of carbonyl (C=O) groups excluding carboxylic acids is 1. The zero-order valence-electron chi connectivity index (χ0n) is 7.56. The molecule has 0 aliphatic carbocycles. The maximum Gasteiger partial charge on any atom is 0.325 e. The Morgan fingerprint density at radius 2 is 2.36 bits per heavy atom. The molecule has 0 N–H and O–H groups in total. The lowest BCUT2D eigenvalue weighted by Gasteiger charge is -2.02. The van der Waals surface area contributed by atoms with Crippen LogP contribution in [0.3, 0.4) is 0 Å². The lowest BCUT2D eigenvalue weighted by atomic mass is 10.3. The topological polar surface area (TPSA) is 72.1 Å². The highest BCUT2D eigenvalue weighted by atomic mass is 16.5. The Bertz CT molecular complexity index is 442. The molecule has 0 bridgehead atoms. The van der Waals surface area contributed by atoms with Crippen LogP contribution in [0.1, 0.15) is 5.56 Å². The van der Waals surface area contributed by atoms with Gasteiger partial charge in [0.1, 0.15) is 12.6 Å². The third-order valence-corrected chi connectivity index (χ3v) is 1.64. The van der Waals surface area contributed by atoms with Crippen molar-refractivity contribution in [3.8, 4) is 6.07 Å². The van der Waals surface area contributed by atoms with Crippen molar-refractivity contribution in [1.82, 2.24) is 4.57 Å². The van der Waals surface area contributed by atoms with E-state index in [0.717, 1.165) is 4.57 Å². The Morgan fingerprint density at radius 3 is 2.93 bits per heavy atom. The molecule has 0 aliphatic heterocycles. The van der Waals surface area contributed by atoms with Gasteiger partial charge in [-0.25, -0.2) is 0 Å². The summed E-state index contributed by atoms with van der Waals surface area (Å²) in [5.74, 6) is -0.526. The molecule has 0 radical (unpaired) electrons. The van der Waals surface area contributed by atoms with Crippen molar-refractivity contribution < 1.29 is 9.53 Å². The van der Waals surface area contributed by atoms with Crippen LogP contribution in [0.15, 0.2) is 23.1 Å². The minimum absolute atomic E-state index is 0.176. The van der Waals surface area contributed by atoms with Crippen LogP contribution in [0.2, 0.25) is 0 Å². The van der Waals surface area contributed by atoms with E-state index in [2.05, 4.69) is 4.74 Å². The summed E-state index contributed by atoms with van der Waals surface area (Å²) < 4.78 is 5.53. The zero-order chi connectivity index (χ0) is 10.6. The maximum absolute atomic E-state index is 11.2. The normalized spacial score (nSPS) is 9.14. The number of pyridine rings is 1. The molecule has 14 heavy (non-hydrogen) atoms. The van der Waals surface area contributed by atoms with Gasteiger partial charge in [-0.15, -0.1) is 0 Å². The molecule has 0 unspecified atom stereocenters. The van der Waals surface area contributed by atoms with Crippen LogP contribution in [0.4, 0.5) is 0 Å². The lowest BCUT2D eigenvalue weighted by molar-refractivity contribution is -0.141. The van der Waals surface area contributed by atoms with Crippen LogP contribution >= 0.6 is 0 Å². The van der Waals surface area contributed by atoms with Gasteiger partial charge in [-0.3, -0.25) is 9.59 Å². The number of carbonyl (C=O) groups is 1. The summed E-state index contributed by atoms with van der Waals surface area (Å²) in [4.78, 5) is 22.1. The van der Waals surface area contributed by atoms with Gasteiger partial charge in [0.25, 0.3) is 5.56 Å². The van der Waals surface area contributed by atoms with E-state index >= 15 is 0 Å². The van der Waals surface area contributed by atoms with E-state index in [1.807, 2.05) is 6.07 Å². The third kappa shape index (κ3) is 2.20. The number of hydrogen-bond acceptors (Lipinski definition) is 4. The van der Waals surface area contributed by atoms with Crippen molar-refractivity contribution in [2.24, 2.45) is 0 Å². The Labute approximate surface area is 80.1 Å². The average molecular weight is 192 g/mol. The van der Waals surface area contributed by atoms with Crippen LogP contribution in [0, 0.1) is 11.3 Å². The van der Waals surface area contributed by atoms with Gasteiger partial charge in [0.05, 0.1) is 12.7 Å². The quantitative estimate of drug-likeness (QED) is 0.613. The first-order valence-electron chi connectivity index (χ1n) is 3.85. The molecule has 0 fully saturated rings. The van der Waals surface area contributed by atoms with E-state index in [1.54, 1.807) is 0 Å². The number of rotatable bonds is 2. The fourth-order valence-electron chi connectivity index (χ4n) is 0.925. The minimum Gasteiger partial charge on any atom is -0.468 e. The van der Waals surface area contributed by atoms with Crippen molar-refractivity contribution in [2.45, 2.75) is 6.54 Å². The second-order valence-electron chi connectivity index (χ2n) is 2.57. The van der Waals surface area contributed by atoms with Gasteiger partial charge in [-0.2, -0.15) is 5.26 Å². The molecule has 0 atom stereocenters. The molecule has 0 saturated carbocycles. The number of ether oxygens (including phenoxy) is 1. The molecule has 0 aromatic carbocycles. The molecular weight excluding hydrogens is 184 g/mol. The van der Waals surface area contributed by atoms with Gasteiger partial charge in [-0.05, 0) is 6.07 Å². The first kappa shape index (κ1) is 9.99. The van der Waals surface area contributed by atoms with E-state index < -0.39 is 5.97 Å². The highest BCUT2D eigenvalue weighted by Gasteiger charge is 2.04. The molecule has 5 nitrogen and oxygen atoms in total. The molecule has 1 aromatic rings. The van der Waals surface area contributed by atoms with Crippen molar-refractivity contribution in [1.29, 1.82) is 5.26 Å². The van der Waals surface area contributed by atoms with Gasteiger partial charge in [0.2, 0.25) is 0 Å². The van der Waals surface area contributed by atoms with Crippen LogP contribution in [-0.2, 0) is 16.1 Å². The summed E-state index contributed by atoms with van der Waals surface area (Å²) in [5, 5.41) is 8.56. The molecule has 72 valence electrons. The van der Waals surface area contributed by atoms with Gasteiger partial charge < -0.3 is 9.30 Å². The van der Waals surface area contributed by atoms with E-state index in [0.29, 0.717) is 5.56 Å². The highest BCUT2D eigenvalue weighted by molar-refractivity contribution is 5.68. The van der Waals surface area contributed by atoms with Gasteiger partial charge in [-0.1, -0.05) is 0 Å². The molecule has 1 rings (SSSR count). The van der Waals surface area contributed by atoms with Crippen LogP contribution < -0.4 is 5.56 Å². The summed E-state index contributed by atoms with van der Waals surface area (Å²) in [5.41, 5.74) is -0.0112. The number of nitrogens with zero attached hydrogens (tertiary/aromatic N) is 2. The fourth-order valence-corrected chi connectivity index (χ4v) is 0.925. The number of nitriles is 1. The van der Waals surface area contributed by atoms with Crippen molar-refractivity contribution in [3.05, 3.63) is 34.2 Å². The number of esters is 1. The third-order valence-electron chi connectivity index (χ3n) is 1.64. The predicted octanol–water partition coefficient (Wildman–Crippen LogP) is -0.107. The average Bonchev–Trinajstić information content (AvgIpc) is 2.21. The van der Waals surface area contributed by atoms with Gasteiger partial charge in [0, 0.05) is 12.3 Å². The van der Waals surface area contributed by atoms with Crippen LogP contribution in [0.25, 0.3) is 0 Å². The Morgan fingerprint density at radius 1 is 1.64 bits per heavy atom. The number of aromatic nitrogens is 1. The first-order valence-corrected chi connectivity index (χ1v) is 3.85. The molecule has 0 aliphatic rings. The Balaban J connectivity index is 3.02. The standard InChI is InChI=1S/C9H8N2O3/c1-14-9(13)6-11-5-7(4-10)2-3-8(11)12/h2-3,5H,6H2,1H3. The fraction of sp³-hybridized carbons (Fsp3) is 0.222. The molecule has 1 aromatic heterocycles. The zero-order valence-corrected chi connectivity index (χ0v) is 7.56. The van der Waals surface area contributed by atoms with Gasteiger partial charge >= 0.3 is 5.97 Å². The minimum atomic E-state index is -0.526. The molecule has 0 amide bonds. The van der Waals surface area contributed by atoms with Crippen molar-refractivity contribution in [2.75, 3.05) is 7.11 Å². The Hall–Kier alpha value is -2.09. The van der Waals surface area contributed by atoms with E-state index in [9.17, 15) is 9.59 Å². The Kier molecular flexibility index (Phi) is 3.02. The summed E-state index contributed by atoms with van der Waals surface area (Å²) in [6, 6.07) is 4.51. The lowest BCUT2D eigenvalue weighted by Crippen LogP contribution is -2.23. The molecule has 1 heterocycles. The summed E-state index contributed by atoms with van der Waals surface area (Å²) in [6.45, 7) is -0.176. The summed E-state index contributed by atoms with van der Waals surface area (Å²) in [6.07, 6.45) is 1.32. The van der Waals surface area contributed by atoms with Gasteiger partial charge in [0.15, 0.2) is 0 Å². The van der Waals surface area contributed by atoms with E-state index in [1.165, 1.54) is 25.4 Å². The summed E-state index contributed by atoms with van der Waals surface area (Å²) >= 11 is 0. The predicted molar refractivity (Wildman–Crippen MR) is 47.4 cm³/mol. The number of methoxy groups -OCH3 is 1.